The van der Waals surface area contributed by atoms with Gasteiger partial charge in [-0.2, -0.15) is 0 Å². The Morgan fingerprint density at radius 3 is 2.30 bits per heavy atom. The molecule has 1 aromatic rings. The Labute approximate surface area is 136 Å². The van der Waals surface area contributed by atoms with Gasteiger partial charge < -0.3 is 14.7 Å². The Balaban J connectivity index is 2.38. The van der Waals surface area contributed by atoms with Crippen molar-refractivity contribution in [3.8, 4) is 5.75 Å². The highest BCUT2D eigenvalue weighted by molar-refractivity contribution is 5.96. The molecular weight excluding hydrogens is 298 g/mol. The molecule has 0 aliphatic heterocycles. The van der Waals surface area contributed by atoms with Crippen LogP contribution in [0.3, 0.4) is 0 Å². The van der Waals surface area contributed by atoms with E-state index >= 15 is 0 Å². The largest absolute Gasteiger partial charge is 0.497 e. The minimum atomic E-state index is -0.931. The molecule has 1 unspecified atom stereocenters. The van der Waals surface area contributed by atoms with Crippen LogP contribution < -0.4 is 4.74 Å². The number of carboxylic acid groups (broad SMARTS) is 1. The number of ether oxygens (including phenoxy) is 1. The average Bonchev–Trinajstić information content (AvgIpc) is 2.54. The van der Waals surface area contributed by atoms with Crippen LogP contribution >= 0.6 is 0 Å². The third kappa shape index (κ3) is 6.10. The highest BCUT2D eigenvalue weighted by Gasteiger charge is 2.17. The van der Waals surface area contributed by atoms with Crippen LogP contribution in [-0.4, -0.2) is 48.4 Å². The van der Waals surface area contributed by atoms with E-state index in [1.807, 2.05) is 0 Å². The van der Waals surface area contributed by atoms with Gasteiger partial charge in [0, 0.05) is 32.0 Å². The molecule has 0 aliphatic carbocycles. The molecule has 0 aromatic heterocycles. The molecule has 1 N–H and O–H groups in total. The standard InChI is InChI=1S/C17H23NO5/c1-12(17(21)22)11-18(2)16(20)6-4-5-15(19)13-7-9-14(23-3)10-8-13/h7-10,12H,4-6,11H2,1-3H3,(H,21,22). The van der Waals surface area contributed by atoms with Crippen molar-refractivity contribution in [2.24, 2.45) is 5.92 Å². The lowest BCUT2D eigenvalue weighted by Gasteiger charge is -2.19. The first-order chi connectivity index (χ1) is 10.8. The van der Waals surface area contributed by atoms with Crippen LogP contribution in [0.5, 0.6) is 5.75 Å². The summed E-state index contributed by atoms with van der Waals surface area (Å²) in [6.07, 6.45) is 0.945. The topological polar surface area (TPSA) is 83.9 Å². The van der Waals surface area contributed by atoms with Crippen LogP contribution in [0.4, 0.5) is 0 Å². The molecule has 23 heavy (non-hydrogen) atoms. The minimum Gasteiger partial charge on any atom is -0.497 e. The normalized spacial score (nSPS) is 11.6. The van der Waals surface area contributed by atoms with E-state index < -0.39 is 11.9 Å². The molecule has 0 heterocycles. The minimum absolute atomic E-state index is 0.0259. The van der Waals surface area contributed by atoms with E-state index in [-0.39, 0.29) is 31.1 Å². The fourth-order valence-electron chi connectivity index (χ4n) is 2.10. The molecule has 6 heteroatoms. The maximum absolute atomic E-state index is 12.0. The summed E-state index contributed by atoms with van der Waals surface area (Å²) in [5.41, 5.74) is 0.589. The lowest BCUT2D eigenvalue weighted by atomic mass is 10.0. The van der Waals surface area contributed by atoms with Gasteiger partial charge in [-0.05, 0) is 30.7 Å². The number of benzene rings is 1. The second kappa shape index (κ2) is 8.92. The van der Waals surface area contributed by atoms with Crippen molar-refractivity contribution in [3.63, 3.8) is 0 Å². The summed E-state index contributed by atoms with van der Waals surface area (Å²) in [5.74, 6) is -1.03. The molecule has 126 valence electrons. The molecule has 1 aromatic carbocycles. The van der Waals surface area contributed by atoms with E-state index in [1.54, 1.807) is 45.3 Å². The second-order valence-electron chi connectivity index (χ2n) is 5.52. The first-order valence-corrected chi connectivity index (χ1v) is 7.49. The molecule has 0 fully saturated rings. The van der Waals surface area contributed by atoms with Crippen molar-refractivity contribution >= 4 is 17.7 Å². The van der Waals surface area contributed by atoms with Gasteiger partial charge >= 0.3 is 5.97 Å². The number of nitrogens with zero attached hydrogens (tertiary/aromatic N) is 1. The summed E-state index contributed by atoms with van der Waals surface area (Å²) < 4.78 is 5.03. The number of aliphatic carboxylic acids is 1. The molecule has 1 atom stereocenters. The molecule has 0 aliphatic rings. The summed E-state index contributed by atoms with van der Waals surface area (Å²) in [6, 6.07) is 6.84. The van der Waals surface area contributed by atoms with Crippen LogP contribution in [0.25, 0.3) is 0 Å². The first kappa shape index (κ1) is 18.7. The number of rotatable bonds is 9. The fourth-order valence-corrected chi connectivity index (χ4v) is 2.10. The van der Waals surface area contributed by atoms with Crippen molar-refractivity contribution < 1.29 is 24.2 Å². The number of carbonyl (C=O) groups is 3. The van der Waals surface area contributed by atoms with Gasteiger partial charge in [-0.15, -0.1) is 0 Å². The quantitative estimate of drug-likeness (QED) is 0.705. The summed E-state index contributed by atoms with van der Waals surface area (Å²) in [5, 5.41) is 8.83. The SMILES string of the molecule is COc1ccc(C(=O)CCCC(=O)N(C)CC(C)C(=O)O)cc1. The third-order valence-electron chi connectivity index (χ3n) is 3.60. The molecule has 0 radical (unpaired) electrons. The van der Waals surface area contributed by atoms with Gasteiger partial charge in [-0.25, -0.2) is 0 Å². The van der Waals surface area contributed by atoms with Gasteiger partial charge in [-0.3, -0.25) is 14.4 Å². The molecule has 0 spiro atoms. The van der Waals surface area contributed by atoms with Crippen molar-refractivity contribution in [2.75, 3.05) is 20.7 Å². The maximum Gasteiger partial charge on any atom is 0.308 e. The number of ketones is 1. The first-order valence-electron chi connectivity index (χ1n) is 7.49. The second-order valence-corrected chi connectivity index (χ2v) is 5.52. The van der Waals surface area contributed by atoms with Crippen molar-refractivity contribution in [3.05, 3.63) is 29.8 Å². The van der Waals surface area contributed by atoms with Crippen molar-refractivity contribution in [1.82, 2.24) is 4.90 Å². The summed E-state index contributed by atoms with van der Waals surface area (Å²) in [7, 11) is 3.14. The number of carboxylic acids is 1. The van der Waals surface area contributed by atoms with Gasteiger partial charge in [0.15, 0.2) is 5.78 Å². The zero-order chi connectivity index (χ0) is 17.4. The van der Waals surface area contributed by atoms with Crippen LogP contribution in [-0.2, 0) is 9.59 Å². The van der Waals surface area contributed by atoms with Crippen LogP contribution in [0, 0.1) is 5.92 Å². The summed E-state index contributed by atoms with van der Waals surface area (Å²) in [6.45, 7) is 1.72. The summed E-state index contributed by atoms with van der Waals surface area (Å²) >= 11 is 0. The van der Waals surface area contributed by atoms with Gasteiger partial charge in [0.05, 0.1) is 13.0 Å². The van der Waals surface area contributed by atoms with E-state index in [2.05, 4.69) is 0 Å². The van der Waals surface area contributed by atoms with Gasteiger partial charge in [-0.1, -0.05) is 6.92 Å². The molecule has 1 amide bonds. The Kier molecular flexibility index (Phi) is 7.25. The number of hydrogen-bond donors (Lipinski definition) is 1. The highest BCUT2D eigenvalue weighted by Crippen LogP contribution is 2.14. The predicted molar refractivity (Wildman–Crippen MR) is 85.6 cm³/mol. The lowest BCUT2D eigenvalue weighted by molar-refractivity contribution is -0.142. The van der Waals surface area contributed by atoms with Crippen molar-refractivity contribution in [1.29, 1.82) is 0 Å². The van der Waals surface area contributed by atoms with Gasteiger partial charge in [0.1, 0.15) is 5.75 Å². The molecule has 0 bridgehead atoms. The molecule has 0 saturated carbocycles. The van der Waals surface area contributed by atoms with E-state index in [1.165, 1.54) is 4.90 Å². The molecule has 6 nitrogen and oxygen atoms in total. The average molecular weight is 321 g/mol. The van der Waals surface area contributed by atoms with E-state index in [4.69, 9.17) is 9.84 Å². The number of methoxy groups -OCH3 is 1. The maximum atomic E-state index is 12.0. The Morgan fingerprint density at radius 2 is 1.78 bits per heavy atom. The summed E-state index contributed by atoms with van der Waals surface area (Å²) in [4.78, 5) is 36.1. The zero-order valence-electron chi connectivity index (χ0n) is 13.7. The molecular formula is C17H23NO5. The Hall–Kier alpha value is -2.37. The highest BCUT2D eigenvalue weighted by atomic mass is 16.5. The zero-order valence-corrected chi connectivity index (χ0v) is 13.7. The lowest BCUT2D eigenvalue weighted by Crippen LogP contribution is -2.33. The van der Waals surface area contributed by atoms with E-state index in [9.17, 15) is 14.4 Å². The molecule has 0 saturated heterocycles. The van der Waals surface area contributed by atoms with Crippen LogP contribution in [0.2, 0.25) is 0 Å². The Bertz CT molecular complexity index is 553. The van der Waals surface area contributed by atoms with E-state index in [0.717, 1.165) is 0 Å². The fraction of sp³-hybridized carbons (Fsp3) is 0.471. The monoisotopic (exact) mass is 321 g/mol. The number of amides is 1. The number of carbonyl (C=O) groups excluding carboxylic acids is 2. The third-order valence-corrected chi connectivity index (χ3v) is 3.60. The van der Waals surface area contributed by atoms with Gasteiger partial charge in [0.25, 0.3) is 0 Å². The van der Waals surface area contributed by atoms with Crippen LogP contribution in [0.15, 0.2) is 24.3 Å². The Morgan fingerprint density at radius 1 is 1.17 bits per heavy atom. The smallest absolute Gasteiger partial charge is 0.308 e. The van der Waals surface area contributed by atoms with Crippen molar-refractivity contribution in [2.45, 2.75) is 26.2 Å². The van der Waals surface area contributed by atoms with E-state index in [0.29, 0.717) is 17.7 Å². The number of hydrogen-bond acceptors (Lipinski definition) is 4. The predicted octanol–water partition coefficient (Wildman–Crippen LogP) is 2.23. The van der Waals surface area contributed by atoms with Gasteiger partial charge in [0.2, 0.25) is 5.91 Å². The van der Waals surface area contributed by atoms with Crippen LogP contribution in [0.1, 0.15) is 36.5 Å². The molecule has 1 rings (SSSR count). The number of Topliss-reactive ketones (excluding diaryl/α,β-unsaturated/α-hetero) is 1.